The fourth-order valence-corrected chi connectivity index (χ4v) is 5.35. The Morgan fingerprint density at radius 2 is 1.81 bits per heavy atom. The number of methoxy groups -OCH3 is 1. The number of hydrogen-bond acceptors (Lipinski definition) is 4. The zero-order valence-corrected chi connectivity index (χ0v) is 21.4. The van der Waals surface area contributed by atoms with E-state index in [0.717, 1.165) is 27.9 Å². The minimum atomic E-state index is -1.32. The third kappa shape index (κ3) is 3.66. The average Bonchev–Trinajstić information content (AvgIpc) is 2.82. The Morgan fingerprint density at radius 1 is 1.03 bits per heavy atom. The lowest BCUT2D eigenvalue weighted by Crippen LogP contribution is -2.72. The van der Waals surface area contributed by atoms with Gasteiger partial charge in [-0.3, -0.25) is 9.69 Å². The van der Waals surface area contributed by atoms with Crippen molar-refractivity contribution in [3.05, 3.63) is 82.4 Å². The molecule has 1 fully saturated rings. The van der Waals surface area contributed by atoms with Gasteiger partial charge in [-0.2, -0.15) is 0 Å². The van der Waals surface area contributed by atoms with Crippen molar-refractivity contribution in [2.75, 3.05) is 17.3 Å². The minimum Gasteiger partial charge on any atom is -0.493 e. The van der Waals surface area contributed by atoms with Crippen LogP contribution in [0.1, 0.15) is 40.8 Å². The molecule has 3 aromatic rings. The summed E-state index contributed by atoms with van der Waals surface area (Å²) in [6.07, 6.45) is 0. The molecule has 186 valence electrons. The molecule has 2 N–H and O–H groups in total. The van der Waals surface area contributed by atoms with Crippen molar-refractivity contribution in [1.29, 1.82) is 0 Å². The van der Waals surface area contributed by atoms with E-state index in [1.54, 1.807) is 18.9 Å². The molecular formula is C29H31N3O4. The lowest BCUT2D eigenvalue weighted by Gasteiger charge is -2.54. The highest BCUT2D eigenvalue weighted by Crippen LogP contribution is 2.52. The van der Waals surface area contributed by atoms with Gasteiger partial charge in [-0.05, 0) is 75.6 Å². The molecule has 3 amide bonds. The number of anilines is 2. The molecule has 0 radical (unpaired) electrons. The average molecular weight is 486 g/mol. The number of benzene rings is 3. The first-order valence-corrected chi connectivity index (χ1v) is 12.1. The number of rotatable bonds is 4. The van der Waals surface area contributed by atoms with E-state index < -0.39 is 17.7 Å². The SMILES string of the molecule is COc1cccc2c1O[C@@]1(C)[C@@H](C(=O)Nc3ccc(C)cc3C)[C@H]2NC(=O)N1c1ccc(C)c(C)c1. The van der Waals surface area contributed by atoms with Crippen LogP contribution in [0.5, 0.6) is 11.5 Å². The number of amides is 3. The molecule has 2 heterocycles. The van der Waals surface area contributed by atoms with E-state index in [4.69, 9.17) is 9.47 Å². The van der Waals surface area contributed by atoms with Crippen molar-refractivity contribution in [2.45, 2.75) is 46.4 Å². The van der Waals surface area contributed by atoms with Gasteiger partial charge in [-0.25, -0.2) is 4.79 Å². The van der Waals surface area contributed by atoms with Crippen LogP contribution in [0.4, 0.5) is 16.2 Å². The molecule has 0 aliphatic carbocycles. The van der Waals surface area contributed by atoms with Gasteiger partial charge in [-0.15, -0.1) is 0 Å². The molecule has 0 saturated carbocycles. The molecule has 2 aliphatic rings. The van der Waals surface area contributed by atoms with Gasteiger partial charge in [0.05, 0.1) is 13.2 Å². The van der Waals surface area contributed by atoms with Crippen LogP contribution >= 0.6 is 0 Å². The van der Waals surface area contributed by atoms with Gasteiger partial charge in [0.1, 0.15) is 5.92 Å². The van der Waals surface area contributed by atoms with Gasteiger partial charge < -0.3 is 20.1 Å². The summed E-state index contributed by atoms with van der Waals surface area (Å²) in [5, 5.41) is 6.19. The van der Waals surface area contributed by atoms with Crippen LogP contribution < -0.4 is 25.0 Å². The Morgan fingerprint density at radius 3 is 2.50 bits per heavy atom. The fraction of sp³-hybridized carbons (Fsp3) is 0.310. The van der Waals surface area contributed by atoms with Crippen LogP contribution in [0.2, 0.25) is 0 Å². The molecule has 0 unspecified atom stereocenters. The fourth-order valence-electron chi connectivity index (χ4n) is 5.35. The van der Waals surface area contributed by atoms with Crippen molar-refractivity contribution in [2.24, 2.45) is 5.92 Å². The van der Waals surface area contributed by atoms with Gasteiger partial charge in [0.25, 0.3) is 0 Å². The lowest BCUT2D eigenvalue weighted by atomic mass is 9.78. The number of carbonyl (C=O) groups excluding carboxylic acids is 2. The number of para-hydroxylation sites is 1. The Hall–Kier alpha value is -4.00. The number of aryl methyl sites for hydroxylation is 4. The maximum absolute atomic E-state index is 14.0. The van der Waals surface area contributed by atoms with Crippen molar-refractivity contribution < 1.29 is 19.1 Å². The third-order valence-electron chi connectivity index (χ3n) is 7.38. The predicted molar refractivity (Wildman–Crippen MR) is 140 cm³/mol. The topological polar surface area (TPSA) is 79.9 Å². The molecule has 2 aliphatic heterocycles. The second-order valence-electron chi connectivity index (χ2n) is 9.85. The zero-order chi connectivity index (χ0) is 25.8. The summed E-state index contributed by atoms with van der Waals surface area (Å²) in [5.41, 5.74) is 5.00. The minimum absolute atomic E-state index is 0.239. The Labute approximate surface area is 211 Å². The van der Waals surface area contributed by atoms with Gasteiger partial charge in [0, 0.05) is 16.9 Å². The van der Waals surface area contributed by atoms with Crippen LogP contribution in [0.3, 0.4) is 0 Å². The first-order chi connectivity index (χ1) is 17.1. The smallest absolute Gasteiger partial charge is 0.325 e. The van der Waals surface area contributed by atoms with Crippen LogP contribution in [0.25, 0.3) is 0 Å². The number of nitrogens with zero attached hydrogens (tertiary/aromatic N) is 1. The molecular weight excluding hydrogens is 454 g/mol. The summed E-state index contributed by atoms with van der Waals surface area (Å²) in [6.45, 7) is 9.80. The van der Waals surface area contributed by atoms with Gasteiger partial charge in [0.2, 0.25) is 11.6 Å². The highest BCUT2D eigenvalue weighted by atomic mass is 16.5. The Kier molecular flexibility index (Phi) is 5.66. The maximum Gasteiger partial charge on any atom is 0.325 e. The van der Waals surface area contributed by atoms with Gasteiger partial charge >= 0.3 is 6.03 Å². The first kappa shape index (κ1) is 23.7. The van der Waals surface area contributed by atoms with E-state index in [1.807, 2.05) is 82.3 Å². The van der Waals surface area contributed by atoms with Gasteiger partial charge in [-0.1, -0.05) is 35.9 Å². The van der Waals surface area contributed by atoms with E-state index in [1.165, 1.54) is 0 Å². The monoisotopic (exact) mass is 485 g/mol. The molecule has 2 bridgehead atoms. The largest absolute Gasteiger partial charge is 0.493 e. The summed E-state index contributed by atoms with van der Waals surface area (Å²) in [5.74, 6) is 0.0823. The Balaban J connectivity index is 1.66. The second kappa shape index (κ2) is 8.59. The number of hydrogen-bond donors (Lipinski definition) is 2. The maximum atomic E-state index is 14.0. The number of carbonyl (C=O) groups is 2. The predicted octanol–water partition coefficient (Wildman–Crippen LogP) is 5.56. The van der Waals surface area contributed by atoms with Crippen LogP contribution in [0, 0.1) is 33.6 Å². The van der Waals surface area contributed by atoms with Crippen molar-refractivity contribution >= 4 is 23.3 Å². The number of nitrogens with one attached hydrogen (secondary N) is 2. The van der Waals surface area contributed by atoms with Crippen LogP contribution in [-0.4, -0.2) is 24.8 Å². The standard InChI is InChI=1S/C29H31N3O4/c1-16-10-13-22(19(4)14-16)30-27(33)24-25-21-8-7-9-23(35-6)26(21)36-29(24,5)32(28(34)31-25)20-12-11-17(2)18(3)15-20/h7-15,24-25H,1-6H3,(H,30,33)(H,31,34)/t24-,25+,29+/m1/s1. The summed E-state index contributed by atoms with van der Waals surface area (Å²) in [4.78, 5) is 29.1. The number of fused-ring (bicyclic) bond motifs is 4. The summed E-state index contributed by atoms with van der Waals surface area (Å²) in [7, 11) is 1.58. The Bertz CT molecular complexity index is 1380. The molecule has 7 heteroatoms. The lowest BCUT2D eigenvalue weighted by molar-refractivity contribution is -0.131. The molecule has 0 aromatic heterocycles. The summed E-state index contributed by atoms with van der Waals surface area (Å²) < 4.78 is 12.2. The second-order valence-corrected chi connectivity index (χ2v) is 9.85. The molecule has 7 nitrogen and oxygen atoms in total. The van der Waals surface area contributed by atoms with E-state index in [0.29, 0.717) is 22.7 Å². The highest BCUT2D eigenvalue weighted by Gasteiger charge is 2.60. The molecule has 0 spiro atoms. The van der Waals surface area contributed by atoms with Crippen LogP contribution in [-0.2, 0) is 4.79 Å². The van der Waals surface area contributed by atoms with Crippen molar-refractivity contribution in [3.63, 3.8) is 0 Å². The quantitative estimate of drug-likeness (QED) is 0.507. The number of urea groups is 1. The van der Waals surface area contributed by atoms with E-state index in [-0.39, 0.29) is 11.9 Å². The molecule has 1 saturated heterocycles. The van der Waals surface area contributed by atoms with E-state index >= 15 is 0 Å². The number of ether oxygens (including phenoxy) is 2. The van der Waals surface area contributed by atoms with Crippen molar-refractivity contribution in [3.8, 4) is 11.5 Å². The summed E-state index contributed by atoms with van der Waals surface area (Å²) >= 11 is 0. The molecule has 36 heavy (non-hydrogen) atoms. The summed E-state index contributed by atoms with van der Waals surface area (Å²) in [6, 6.07) is 16.3. The highest BCUT2D eigenvalue weighted by molar-refractivity contribution is 6.02. The van der Waals surface area contributed by atoms with Crippen LogP contribution in [0.15, 0.2) is 54.6 Å². The van der Waals surface area contributed by atoms with E-state index in [2.05, 4.69) is 10.6 Å². The zero-order valence-electron chi connectivity index (χ0n) is 21.4. The third-order valence-corrected chi connectivity index (χ3v) is 7.38. The first-order valence-electron chi connectivity index (χ1n) is 12.1. The van der Waals surface area contributed by atoms with Crippen molar-refractivity contribution in [1.82, 2.24) is 5.32 Å². The molecule has 3 aromatic carbocycles. The molecule has 5 rings (SSSR count). The molecule has 3 atom stereocenters. The van der Waals surface area contributed by atoms with Gasteiger partial charge in [0.15, 0.2) is 11.5 Å². The normalized spacial score (nSPS) is 22.3. The van der Waals surface area contributed by atoms with E-state index in [9.17, 15) is 9.59 Å².